The van der Waals surface area contributed by atoms with Crippen LogP contribution >= 0.6 is 0 Å². The van der Waals surface area contributed by atoms with Crippen molar-refractivity contribution in [2.24, 2.45) is 0 Å². The Labute approximate surface area is 108 Å². The summed E-state index contributed by atoms with van der Waals surface area (Å²) in [6.07, 6.45) is 1.28. The summed E-state index contributed by atoms with van der Waals surface area (Å²) in [5.74, 6) is -4.82. The Morgan fingerprint density at radius 2 is 1.95 bits per heavy atom. The number of hydrogen-bond acceptors (Lipinski definition) is 3. The van der Waals surface area contributed by atoms with Gasteiger partial charge in [-0.15, -0.1) is 0 Å². The van der Waals surface area contributed by atoms with E-state index in [1.807, 2.05) is 0 Å². The molecule has 0 aliphatic heterocycles. The second kappa shape index (κ2) is 4.24. The number of rotatable bonds is 4. The Balaban J connectivity index is 2.48. The number of halogens is 2. The number of sulfonamides is 1. The SMILES string of the molecule is CC1(NS(=O)(=O)c2cc(F)c(F)c(C(=O)O)c2)CC1. The molecule has 8 heteroatoms. The molecule has 0 bridgehead atoms. The molecule has 1 aliphatic carbocycles. The van der Waals surface area contributed by atoms with Crippen molar-refractivity contribution in [1.82, 2.24) is 4.72 Å². The van der Waals surface area contributed by atoms with E-state index < -0.39 is 43.6 Å². The summed E-state index contributed by atoms with van der Waals surface area (Å²) in [6, 6.07) is 1.07. The first-order valence-electron chi connectivity index (χ1n) is 5.41. The number of nitrogens with one attached hydrogen (secondary N) is 1. The summed E-state index contributed by atoms with van der Waals surface area (Å²) < 4.78 is 52.6. The van der Waals surface area contributed by atoms with Gasteiger partial charge in [0, 0.05) is 5.54 Å². The Bertz CT molecular complexity index is 653. The molecule has 5 nitrogen and oxygen atoms in total. The molecule has 0 saturated heterocycles. The van der Waals surface area contributed by atoms with Crippen molar-refractivity contribution in [2.75, 3.05) is 0 Å². The average Bonchev–Trinajstić information content (AvgIpc) is 2.98. The second-order valence-electron chi connectivity index (χ2n) is 4.74. The summed E-state index contributed by atoms with van der Waals surface area (Å²) in [4.78, 5) is 10.1. The van der Waals surface area contributed by atoms with Crippen LogP contribution < -0.4 is 4.72 Å². The van der Waals surface area contributed by atoms with Crippen LogP contribution in [-0.4, -0.2) is 25.0 Å². The van der Waals surface area contributed by atoms with E-state index in [-0.39, 0.29) is 0 Å². The van der Waals surface area contributed by atoms with E-state index in [1.54, 1.807) is 6.92 Å². The maximum atomic E-state index is 13.2. The van der Waals surface area contributed by atoms with E-state index in [4.69, 9.17) is 5.11 Å². The molecule has 0 spiro atoms. The van der Waals surface area contributed by atoms with Crippen LogP contribution in [0.25, 0.3) is 0 Å². The minimum absolute atomic E-state index is 0.468. The molecular weight excluding hydrogens is 280 g/mol. The predicted molar refractivity (Wildman–Crippen MR) is 61.3 cm³/mol. The smallest absolute Gasteiger partial charge is 0.338 e. The number of hydrogen-bond donors (Lipinski definition) is 2. The number of aromatic carboxylic acids is 1. The van der Waals surface area contributed by atoms with Crippen molar-refractivity contribution in [3.8, 4) is 0 Å². The minimum atomic E-state index is -4.07. The van der Waals surface area contributed by atoms with Gasteiger partial charge in [0.2, 0.25) is 10.0 Å². The molecule has 0 amide bonds. The highest BCUT2D eigenvalue weighted by Gasteiger charge is 2.41. The van der Waals surface area contributed by atoms with Gasteiger partial charge in [0.05, 0.1) is 10.5 Å². The summed E-state index contributed by atoms with van der Waals surface area (Å²) >= 11 is 0. The van der Waals surface area contributed by atoms with Gasteiger partial charge in [0.25, 0.3) is 0 Å². The summed E-state index contributed by atoms with van der Waals surface area (Å²) in [7, 11) is -4.07. The molecular formula is C11H11F2NO4S. The lowest BCUT2D eigenvalue weighted by atomic mass is 10.2. The quantitative estimate of drug-likeness (QED) is 0.880. The number of benzene rings is 1. The molecule has 2 N–H and O–H groups in total. The van der Waals surface area contributed by atoms with E-state index in [0.29, 0.717) is 25.0 Å². The van der Waals surface area contributed by atoms with Crippen LogP contribution in [0.5, 0.6) is 0 Å². The van der Waals surface area contributed by atoms with Gasteiger partial charge in [-0.05, 0) is 31.9 Å². The fourth-order valence-electron chi connectivity index (χ4n) is 1.55. The van der Waals surface area contributed by atoms with E-state index >= 15 is 0 Å². The third-order valence-electron chi connectivity index (χ3n) is 2.92. The average molecular weight is 291 g/mol. The molecule has 19 heavy (non-hydrogen) atoms. The normalized spacial score (nSPS) is 17.2. The van der Waals surface area contributed by atoms with E-state index in [0.717, 1.165) is 0 Å². The summed E-state index contributed by atoms with van der Waals surface area (Å²) in [5, 5.41) is 8.70. The van der Waals surface area contributed by atoms with E-state index in [1.165, 1.54) is 0 Å². The molecule has 0 heterocycles. The van der Waals surface area contributed by atoms with Gasteiger partial charge in [0.1, 0.15) is 0 Å². The molecule has 0 aromatic heterocycles. The zero-order valence-electron chi connectivity index (χ0n) is 9.91. The van der Waals surface area contributed by atoms with Crippen molar-refractivity contribution in [1.29, 1.82) is 0 Å². The molecule has 1 aliphatic rings. The lowest BCUT2D eigenvalue weighted by Crippen LogP contribution is -2.34. The van der Waals surface area contributed by atoms with E-state index in [2.05, 4.69) is 4.72 Å². The highest BCUT2D eigenvalue weighted by Crippen LogP contribution is 2.36. The van der Waals surface area contributed by atoms with Gasteiger partial charge >= 0.3 is 5.97 Å². The van der Waals surface area contributed by atoms with Crippen molar-refractivity contribution >= 4 is 16.0 Å². The predicted octanol–water partition coefficient (Wildman–Crippen LogP) is 1.49. The molecule has 104 valence electrons. The minimum Gasteiger partial charge on any atom is -0.478 e. The lowest BCUT2D eigenvalue weighted by molar-refractivity contribution is 0.0690. The van der Waals surface area contributed by atoms with Crippen LogP contribution in [0.3, 0.4) is 0 Å². The zero-order chi connectivity index (χ0) is 14.4. The van der Waals surface area contributed by atoms with Crippen LogP contribution in [0.4, 0.5) is 8.78 Å². The summed E-state index contributed by atoms with van der Waals surface area (Å²) in [5.41, 5.74) is -1.60. The van der Waals surface area contributed by atoms with E-state index in [9.17, 15) is 22.0 Å². The van der Waals surface area contributed by atoms with Gasteiger partial charge in [-0.3, -0.25) is 0 Å². The lowest BCUT2D eigenvalue weighted by Gasteiger charge is -2.13. The molecule has 0 atom stereocenters. The molecule has 2 rings (SSSR count). The number of carboxylic acids is 1. The van der Waals surface area contributed by atoms with Crippen molar-refractivity contribution in [3.05, 3.63) is 29.3 Å². The molecule has 1 saturated carbocycles. The third-order valence-corrected chi connectivity index (χ3v) is 4.54. The van der Waals surface area contributed by atoms with Gasteiger partial charge in [-0.1, -0.05) is 0 Å². The second-order valence-corrected chi connectivity index (χ2v) is 6.42. The molecule has 1 aromatic carbocycles. The van der Waals surface area contributed by atoms with Crippen LogP contribution in [0.2, 0.25) is 0 Å². The molecule has 1 aromatic rings. The van der Waals surface area contributed by atoms with Crippen LogP contribution in [-0.2, 0) is 10.0 Å². The van der Waals surface area contributed by atoms with Crippen LogP contribution in [0.1, 0.15) is 30.1 Å². The monoisotopic (exact) mass is 291 g/mol. The summed E-state index contributed by atoms with van der Waals surface area (Å²) in [6.45, 7) is 1.67. The Kier molecular flexibility index (Phi) is 3.10. The van der Waals surface area contributed by atoms with Gasteiger partial charge in [-0.2, -0.15) is 0 Å². The Hall–Kier alpha value is -1.54. The first-order valence-corrected chi connectivity index (χ1v) is 6.89. The van der Waals surface area contributed by atoms with Gasteiger partial charge in [0.15, 0.2) is 11.6 Å². The maximum absolute atomic E-state index is 13.2. The highest BCUT2D eigenvalue weighted by atomic mass is 32.2. The maximum Gasteiger partial charge on any atom is 0.338 e. The van der Waals surface area contributed by atoms with Crippen molar-refractivity contribution in [3.63, 3.8) is 0 Å². The van der Waals surface area contributed by atoms with Gasteiger partial charge in [-0.25, -0.2) is 26.7 Å². The third kappa shape index (κ3) is 2.74. The van der Waals surface area contributed by atoms with Crippen LogP contribution in [0.15, 0.2) is 17.0 Å². The molecule has 1 fully saturated rings. The molecule has 0 unspecified atom stereocenters. The first kappa shape index (κ1) is 13.9. The fraction of sp³-hybridized carbons (Fsp3) is 0.364. The fourth-order valence-corrected chi connectivity index (χ4v) is 3.05. The largest absolute Gasteiger partial charge is 0.478 e. The van der Waals surface area contributed by atoms with Crippen molar-refractivity contribution in [2.45, 2.75) is 30.2 Å². The molecule has 0 radical (unpaired) electrons. The highest BCUT2D eigenvalue weighted by molar-refractivity contribution is 7.89. The zero-order valence-corrected chi connectivity index (χ0v) is 10.7. The topological polar surface area (TPSA) is 83.5 Å². The standard InChI is InChI=1S/C11H11F2NO4S/c1-11(2-3-11)14-19(17,18)6-4-7(10(15)16)9(13)8(12)5-6/h4-5,14H,2-3H2,1H3,(H,15,16). The van der Waals surface area contributed by atoms with Gasteiger partial charge < -0.3 is 5.11 Å². The number of carbonyl (C=O) groups is 1. The van der Waals surface area contributed by atoms with Crippen LogP contribution in [0, 0.1) is 11.6 Å². The Morgan fingerprint density at radius 1 is 1.37 bits per heavy atom. The first-order chi connectivity index (χ1) is 8.65. The number of carboxylic acid groups (broad SMARTS) is 1. The van der Waals surface area contributed by atoms with Crippen molar-refractivity contribution < 1.29 is 27.1 Å². The Morgan fingerprint density at radius 3 is 2.42 bits per heavy atom.